The largest absolute Gasteiger partial charge is 0.348 e. The Morgan fingerprint density at radius 2 is 1.79 bits per heavy atom. The van der Waals surface area contributed by atoms with Crippen molar-refractivity contribution >= 4 is 29.1 Å². The molecule has 0 fully saturated rings. The average Bonchev–Trinajstić information content (AvgIpc) is 3.47. The Hall–Kier alpha value is -3.94. The van der Waals surface area contributed by atoms with E-state index in [1.165, 1.54) is 0 Å². The van der Waals surface area contributed by atoms with Crippen LogP contribution in [0.15, 0.2) is 54.9 Å². The summed E-state index contributed by atoms with van der Waals surface area (Å²) < 4.78 is 2.03. The maximum atomic E-state index is 12.4. The van der Waals surface area contributed by atoms with E-state index in [9.17, 15) is 14.4 Å². The van der Waals surface area contributed by atoms with Gasteiger partial charge in [-0.3, -0.25) is 14.4 Å². The fourth-order valence-corrected chi connectivity index (χ4v) is 4.59. The molecule has 33 heavy (non-hydrogen) atoms. The lowest BCUT2D eigenvalue weighted by Gasteiger charge is -2.25. The highest BCUT2D eigenvalue weighted by molar-refractivity contribution is 6.39. The molecule has 0 unspecified atom stereocenters. The maximum Gasteiger partial charge on any atom is 0.313 e. The zero-order valence-electron chi connectivity index (χ0n) is 18.2. The van der Waals surface area contributed by atoms with Gasteiger partial charge in [-0.2, -0.15) is 0 Å². The fraction of sp³-hybridized carbons (Fsp3) is 0.280. The number of anilines is 2. The van der Waals surface area contributed by atoms with Gasteiger partial charge in [0.2, 0.25) is 5.91 Å². The zero-order valence-corrected chi connectivity index (χ0v) is 18.2. The number of imidazole rings is 1. The second-order valence-corrected chi connectivity index (χ2v) is 8.31. The summed E-state index contributed by atoms with van der Waals surface area (Å²) in [6.07, 6.45) is 6.24. The first-order valence-electron chi connectivity index (χ1n) is 11.2. The second-order valence-electron chi connectivity index (χ2n) is 8.31. The van der Waals surface area contributed by atoms with Gasteiger partial charge in [-0.25, -0.2) is 4.98 Å². The van der Waals surface area contributed by atoms with Gasteiger partial charge in [0.15, 0.2) is 0 Å². The molecule has 2 aliphatic heterocycles. The number of benzene rings is 2. The van der Waals surface area contributed by atoms with Crippen LogP contribution in [-0.4, -0.2) is 40.4 Å². The first-order valence-corrected chi connectivity index (χ1v) is 11.2. The first-order chi connectivity index (χ1) is 16.1. The van der Waals surface area contributed by atoms with Crippen LogP contribution in [-0.2, 0) is 33.8 Å². The van der Waals surface area contributed by atoms with Gasteiger partial charge >= 0.3 is 11.8 Å². The number of amides is 3. The molecule has 0 radical (unpaired) electrons. The smallest absolute Gasteiger partial charge is 0.313 e. The van der Waals surface area contributed by atoms with Crippen molar-refractivity contribution in [2.75, 3.05) is 23.3 Å². The van der Waals surface area contributed by atoms with Gasteiger partial charge in [-0.1, -0.05) is 30.3 Å². The van der Waals surface area contributed by atoms with Crippen molar-refractivity contribution in [1.82, 2.24) is 14.9 Å². The van der Waals surface area contributed by atoms with Gasteiger partial charge in [-0.05, 0) is 42.5 Å². The average molecular weight is 444 g/mol. The quantitative estimate of drug-likeness (QED) is 0.452. The number of nitrogens with zero attached hydrogens (tertiary/aromatic N) is 3. The molecule has 3 aromatic rings. The number of aryl methyl sites for hydroxylation is 2. The Balaban J connectivity index is 1.14. The van der Waals surface area contributed by atoms with E-state index in [4.69, 9.17) is 0 Å². The molecule has 0 saturated carbocycles. The van der Waals surface area contributed by atoms with Crippen molar-refractivity contribution in [1.29, 1.82) is 0 Å². The van der Waals surface area contributed by atoms with Crippen LogP contribution in [0.2, 0.25) is 0 Å². The number of rotatable bonds is 6. The minimum atomic E-state index is -0.684. The SMILES string of the molecule is O=C(NCCCn1ccnc1-c1ccccc1)C(=O)Nc1cc2c3c(c1)CCN3C(=O)CC2. The monoisotopic (exact) mass is 443 g/mol. The minimum absolute atomic E-state index is 0.156. The van der Waals surface area contributed by atoms with Crippen molar-refractivity contribution in [3.8, 4) is 11.4 Å². The highest BCUT2D eigenvalue weighted by Gasteiger charge is 2.31. The number of nitrogens with one attached hydrogen (secondary N) is 2. The van der Waals surface area contributed by atoms with Crippen molar-refractivity contribution in [2.24, 2.45) is 0 Å². The standard InChI is InChI=1S/C25H25N5O3/c31-21-8-7-18-15-20(16-19-9-13-30(21)22(18)19)28-25(33)24(32)27-10-4-12-29-14-11-26-23(29)17-5-2-1-3-6-17/h1-3,5-6,11,14-16H,4,7-10,12-13H2,(H,27,32)(H,28,33). The molecule has 5 rings (SSSR count). The van der Waals surface area contributed by atoms with E-state index in [2.05, 4.69) is 15.6 Å². The third kappa shape index (κ3) is 4.24. The number of aromatic nitrogens is 2. The second kappa shape index (κ2) is 8.90. The van der Waals surface area contributed by atoms with Crippen LogP contribution in [0.4, 0.5) is 11.4 Å². The Kier molecular flexibility index (Phi) is 5.64. The van der Waals surface area contributed by atoms with Crippen LogP contribution in [0, 0.1) is 0 Å². The summed E-state index contributed by atoms with van der Waals surface area (Å²) in [5, 5.41) is 5.40. The lowest BCUT2D eigenvalue weighted by molar-refractivity contribution is -0.136. The number of carbonyl (C=O) groups excluding carboxylic acids is 3. The Labute approximate surface area is 191 Å². The van der Waals surface area contributed by atoms with Gasteiger partial charge in [0, 0.05) is 49.7 Å². The van der Waals surface area contributed by atoms with Crippen LogP contribution < -0.4 is 15.5 Å². The molecule has 8 nitrogen and oxygen atoms in total. The van der Waals surface area contributed by atoms with Gasteiger partial charge in [0.05, 0.1) is 5.69 Å². The molecule has 168 valence electrons. The normalized spacial score (nSPS) is 14.2. The molecule has 0 atom stereocenters. The molecular formula is C25H25N5O3. The molecular weight excluding hydrogens is 418 g/mol. The van der Waals surface area contributed by atoms with E-state index in [0.29, 0.717) is 44.6 Å². The van der Waals surface area contributed by atoms with E-state index >= 15 is 0 Å². The first kappa shape index (κ1) is 20.9. The summed E-state index contributed by atoms with van der Waals surface area (Å²) in [6, 6.07) is 13.7. The maximum absolute atomic E-state index is 12.4. The van der Waals surface area contributed by atoms with Gasteiger partial charge < -0.3 is 20.1 Å². The molecule has 3 heterocycles. The third-order valence-electron chi connectivity index (χ3n) is 6.12. The van der Waals surface area contributed by atoms with E-state index in [1.54, 1.807) is 6.20 Å². The van der Waals surface area contributed by atoms with Crippen LogP contribution in [0.5, 0.6) is 0 Å². The molecule has 0 aliphatic carbocycles. The van der Waals surface area contributed by atoms with Crippen molar-refractivity contribution in [2.45, 2.75) is 32.2 Å². The van der Waals surface area contributed by atoms with E-state index in [-0.39, 0.29) is 5.91 Å². The van der Waals surface area contributed by atoms with Crippen LogP contribution in [0.3, 0.4) is 0 Å². The molecule has 0 bridgehead atoms. The molecule has 2 N–H and O–H groups in total. The third-order valence-corrected chi connectivity index (χ3v) is 6.12. The summed E-state index contributed by atoms with van der Waals surface area (Å²) in [4.78, 5) is 43.0. The summed E-state index contributed by atoms with van der Waals surface area (Å²) >= 11 is 0. The van der Waals surface area contributed by atoms with E-state index < -0.39 is 11.8 Å². The predicted octanol–water partition coefficient (Wildman–Crippen LogP) is 2.53. The molecule has 2 aliphatic rings. The van der Waals surface area contributed by atoms with Crippen LogP contribution >= 0.6 is 0 Å². The molecule has 2 aromatic carbocycles. The molecule has 0 spiro atoms. The lowest BCUT2D eigenvalue weighted by atomic mass is 9.98. The van der Waals surface area contributed by atoms with Crippen molar-refractivity contribution in [3.05, 3.63) is 66.0 Å². The van der Waals surface area contributed by atoms with Crippen molar-refractivity contribution in [3.63, 3.8) is 0 Å². The lowest BCUT2D eigenvalue weighted by Crippen LogP contribution is -2.36. The summed E-state index contributed by atoms with van der Waals surface area (Å²) in [7, 11) is 0. The molecule has 8 heteroatoms. The van der Waals surface area contributed by atoms with E-state index in [0.717, 1.165) is 34.6 Å². The Bertz CT molecular complexity index is 1220. The van der Waals surface area contributed by atoms with Gasteiger partial charge in [0.1, 0.15) is 5.82 Å². The summed E-state index contributed by atoms with van der Waals surface area (Å²) in [5.74, 6) is -0.309. The Morgan fingerprint density at radius 3 is 2.61 bits per heavy atom. The van der Waals surface area contributed by atoms with Crippen LogP contribution in [0.25, 0.3) is 11.4 Å². The number of hydrogen-bond acceptors (Lipinski definition) is 4. The minimum Gasteiger partial charge on any atom is -0.348 e. The highest BCUT2D eigenvalue weighted by atomic mass is 16.2. The van der Waals surface area contributed by atoms with E-state index in [1.807, 2.05) is 58.1 Å². The number of hydrogen-bond donors (Lipinski definition) is 2. The predicted molar refractivity (Wildman–Crippen MR) is 125 cm³/mol. The molecule has 1 aromatic heterocycles. The van der Waals surface area contributed by atoms with Crippen LogP contribution in [0.1, 0.15) is 24.0 Å². The fourth-order valence-electron chi connectivity index (χ4n) is 4.59. The van der Waals surface area contributed by atoms with Crippen molar-refractivity contribution < 1.29 is 14.4 Å². The van der Waals surface area contributed by atoms with Gasteiger partial charge in [-0.15, -0.1) is 0 Å². The summed E-state index contributed by atoms with van der Waals surface area (Å²) in [5.41, 5.74) is 4.72. The highest BCUT2D eigenvalue weighted by Crippen LogP contribution is 2.38. The molecule has 3 amide bonds. The topological polar surface area (TPSA) is 96.3 Å². The summed E-state index contributed by atoms with van der Waals surface area (Å²) in [6.45, 7) is 1.74. The zero-order chi connectivity index (χ0) is 22.8. The Morgan fingerprint density at radius 1 is 1.00 bits per heavy atom. The van der Waals surface area contributed by atoms with Gasteiger partial charge in [0.25, 0.3) is 0 Å². The number of carbonyl (C=O) groups is 3. The molecule has 0 saturated heterocycles.